The number of sulfonamides is 1. The van der Waals surface area contributed by atoms with Crippen LogP contribution < -0.4 is 9.47 Å². The topological polar surface area (TPSA) is 55.8 Å². The van der Waals surface area contributed by atoms with E-state index in [0.29, 0.717) is 22.5 Å². The van der Waals surface area contributed by atoms with E-state index in [1.165, 1.54) is 20.3 Å². The van der Waals surface area contributed by atoms with Crippen LogP contribution in [0.3, 0.4) is 0 Å². The average molecular weight is 378 g/mol. The fraction of sp³-hybridized carbons (Fsp3) is 0.571. The van der Waals surface area contributed by atoms with Crippen LogP contribution in [-0.2, 0) is 10.0 Å². The number of nitrogens with zero attached hydrogens (tertiary/aromatic N) is 1. The van der Waals surface area contributed by atoms with Crippen molar-refractivity contribution >= 4 is 26.0 Å². The molecule has 0 bridgehead atoms. The predicted octanol–water partition coefficient (Wildman–Crippen LogP) is 3.03. The second-order valence-corrected chi connectivity index (χ2v) is 7.81. The lowest BCUT2D eigenvalue weighted by Crippen LogP contribution is -2.42. The summed E-state index contributed by atoms with van der Waals surface area (Å²) in [4.78, 5) is 0.217. The Labute approximate surface area is 134 Å². The molecule has 1 aromatic carbocycles. The van der Waals surface area contributed by atoms with E-state index in [-0.39, 0.29) is 10.9 Å². The number of rotatable bonds is 4. The summed E-state index contributed by atoms with van der Waals surface area (Å²) in [5.74, 6) is 0.902. The van der Waals surface area contributed by atoms with E-state index in [2.05, 4.69) is 15.9 Å². The van der Waals surface area contributed by atoms with Crippen LogP contribution in [0.25, 0.3) is 0 Å². The van der Waals surface area contributed by atoms with Crippen LogP contribution in [0, 0.1) is 0 Å². The van der Waals surface area contributed by atoms with E-state index in [9.17, 15) is 8.42 Å². The van der Waals surface area contributed by atoms with Crippen LogP contribution in [-0.4, -0.2) is 39.5 Å². The van der Waals surface area contributed by atoms with Crippen LogP contribution in [0.1, 0.15) is 26.2 Å². The number of ether oxygens (including phenoxy) is 2. The van der Waals surface area contributed by atoms with E-state index in [4.69, 9.17) is 9.47 Å². The summed E-state index contributed by atoms with van der Waals surface area (Å²) < 4.78 is 38.2. The van der Waals surface area contributed by atoms with Gasteiger partial charge in [0.05, 0.1) is 14.2 Å². The van der Waals surface area contributed by atoms with Crippen molar-refractivity contribution < 1.29 is 17.9 Å². The standard InChI is InChI=1S/C14H20BrNO4S/c1-10-6-4-5-7-16(10)21(17,18)14-9-13(20-3)12(19-2)8-11(14)15/h8-10H,4-7H2,1-3H3. The van der Waals surface area contributed by atoms with Gasteiger partial charge >= 0.3 is 0 Å². The highest BCUT2D eigenvalue weighted by molar-refractivity contribution is 9.10. The van der Waals surface area contributed by atoms with Gasteiger partial charge < -0.3 is 9.47 Å². The van der Waals surface area contributed by atoms with Gasteiger partial charge in [-0.25, -0.2) is 8.42 Å². The molecular formula is C14H20BrNO4S. The number of hydrogen-bond acceptors (Lipinski definition) is 4. The van der Waals surface area contributed by atoms with Gasteiger partial charge in [-0.3, -0.25) is 0 Å². The Morgan fingerprint density at radius 3 is 2.38 bits per heavy atom. The molecular weight excluding hydrogens is 358 g/mol. The summed E-state index contributed by atoms with van der Waals surface area (Å²) in [5, 5.41) is 0. The van der Waals surface area contributed by atoms with Crippen molar-refractivity contribution in [3.05, 3.63) is 16.6 Å². The predicted molar refractivity (Wildman–Crippen MR) is 84.5 cm³/mol. The maximum Gasteiger partial charge on any atom is 0.244 e. The highest BCUT2D eigenvalue weighted by Gasteiger charge is 2.33. The molecule has 1 atom stereocenters. The van der Waals surface area contributed by atoms with Crippen molar-refractivity contribution in [3.63, 3.8) is 0 Å². The summed E-state index contributed by atoms with van der Waals surface area (Å²) in [7, 11) is -0.538. The fourth-order valence-corrected chi connectivity index (χ4v) is 5.29. The first-order valence-electron chi connectivity index (χ1n) is 6.85. The van der Waals surface area contributed by atoms with Crippen molar-refractivity contribution in [2.45, 2.75) is 37.1 Å². The molecule has 118 valence electrons. The summed E-state index contributed by atoms with van der Waals surface area (Å²) in [6.45, 7) is 2.51. The van der Waals surface area contributed by atoms with Gasteiger partial charge in [0.25, 0.3) is 0 Å². The number of benzene rings is 1. The molecule has 1 saturated heterocycles. The SMILES string of the molecule is COc1cc(Br)c(S(=O)(=O)N2CCCCC2C)cc1OC. The molecule has 1 unspecified atom stereocenters. The third kappa shape index (κ3) is 3.19. The summed E-state index contributed by atoms with van der Waals surface area (Å²) >= 11 is 3.33. The van der Waals surface area contributed by atoms with Crippen molar-refractivity contribution in [2.75, 3.05) is 20.8 Å². The molecule has 21 heavy (non-hydrogen) atoms. The second-order valence-electron chi connectivity index (χ2n) is 5.10. The summed E-state index contributed by atoms with van der Waals surface area (Å²) in [5.41, 5.74) is 0. The zero-order chi connectivity index (χ0) is 15.6. The summed E-state index contributed by atoms with van der Waals surface area (Å²) in [6.07, 6.45) is 2.86. The largest absolute Gasteiger partial charge is 0.493 e. The first-order valence-corrected chi connectivity index (χ1v) is 9.08. The molecule has 1 aliphatic rings. The van der Waals surface area contributed by atoms with E-state index in [1.54, 1.807) is 10.4 Å². The molecule has 5 nitrogen and oxygen atoms in total. The second kappa shape index (κ2) is 6.54. The van der Waals surface area contributed by atoms with Crippen molar-refractivity contribution in [2.24, 2.45) is 0 Å². The Bertz CT molecular complexity index is 618. The van der Waals surface area contributed by atoms with Crippen molar-refractivity contribution in [3.8, 4) is 11.5 Å². The van der Waals surface area contributed by atoms with Crippen molar-refractivity contribution in [1.29, 1.82) is 0 Å². The molecule has 1 fully saturated rings. The third-order valence-corrected chi connectivity index (χ3v) is 6.74. The molecule has 0 N–H and O–H groups in total. The molecule has 1 heterocycles. The lowest BCUT2D eigenvalue weighted by atomic mass is 10.1. The molecule has 0 aromatic heterocycles. The Kier molecular flexibility index (Phi) is 5.16. The van der Waals surface area contributed by atoms with Crippen LogP contribution in [0.5, 0.6) is 11.5 Å². The minimum Gasteiger partial charge on any atom is -0.493 e. The molecule has 7 heteroatoms. The van der Waals surface area contributed by atoms with Crippen molar-refractivity contribution in [1.82, 2.24) is 4.31 Å². The summed E-state index contributed by atoms with van der Waals surface area (Å²) in [6, 6.07) is 3.16. The number of hydrogen-bond donors (Lipinski definition) is 0. The van der Waals surface area contributed by atoms with Gasteiger partial charge in [-0.2, -0.15) is 4.31 Å². The molecule has 0 amide bonds. The lowest BCUT2D eigenvalue weighted by molar-refractivity contribution is 0.268. The van der Waals surface area contributed by atoms with E-state index in [0.717, 1.165) is 19.3 Å². The minimum atomic E-state index is -3.55. The van der Waals surface area contributed by atoms with Gasteiger partial charge in [0.15, 0.2) is 11.5 Å². The Morgan fingerprint density at radius 1 is 1.19 bits per heavy atom. The highest BCUT2D eigenvalue weighted by atomic mass is 79.9. The Morgan fingerprint density at radius 2 is 1.81 bits per heavy atom. The van der Waals surface area contributed by atoms with Crippen LogP contribution >= 0.6 is 15.9 Å². The lowest BCUT2D eigenvalue weighted by Gasteiger charge is -2.32. The van der Waals surface area contributed by atoms with Gasteiger partial charge in [-0.05, 0) is 41.8 Å². The van der Waals surface area contributed by atoms with Crippen LogP contribution in [0.2, 0.25) is 0 Å². The fourth-order valence-electron chi connectivity index (χ4n) is 2.59. The number of halogens is 1. The van der Waals surface area contributed by atoms with Crippen LogP contribution in [0.15, 0.2) is 21.5 Å². The smallest absolute Gasteiger partial charge is 0.244 e. The van der Waals surface area contributed by atoms with E-state index >= 15 is 0 Å². The number of methoxy groups -OCH3 is 2. The normalized spacial score (nSPS) is 20.3. The van der Waals surface area contributed by atoms with Gasteiger partial charge in [0.2, 0.25) is 10.0 Å². The molecule has 2 rings (SSSR count). The molecule has 0 aliphatic carbocycles. The minimum absolute atomic E-state index is 0.0174. The molecule has 1 aromatic rings. The highest BCUT2D eigenvalue weighted by Crippen LogP contribution is 2.37. The average Bonchev–Trinajstić information content (AvgIpc) is 2.46. The zero-order valence-electron chi connectivity index (χ0n) is 12.4. The quantitative estimate of drug-likeness (QED) is 0.808. The van der Waals surface area contributed by atoms with Gasteiger partial charge in [0, 0.05) is 23.1 Å². The maximum atomic E-state index is 12.9. The molecule has 0 spiro atoms. The molecule has 0 saturated carbocycles. The molecule has 0 radical (unpaired) electrons. The Balaban J connectivity index is 2.49. The number of piperidine rings is 1. The third-order valence-electron chi connectivity index (χ3n) is 3.77. The first-order chi connectivity index (χ1) is 9.91. The van der Waals surface area contributed by atoms with E-state index < -0.39 is 10.0 Å². The molecule has 1 aliphatic heterocycles. The van der Waals surface area contributed by atoms with Gasteiger partial charge in [-0.1, -0.05) is 6.42 Å². The maximum absolute atomic E-state index is 12.9. The van der Waals surface area contributed by atoms with E-state index in [1.807, 2.05) is 6.92 Å². The first kappa shape index (κ1) is 16.6. The monoisotopic (exact) mass is 377 g/mol. The zero-order valence-corrected chi connectivity index (χ0v) is 14.8. The van der Waals surface area contributed by atoms with Crippen LogP contribution in [0.4, 0.5) is 0 Å². The Hall–Kier alpha value is -0.790. The van der Waals surface area contributed by atoms with Gasteiger partial charge in [-0.15, -0.1) is 0 Å². The van der Waals surface area contributed by atoms with Gasteiger partial charge in [0.1, 0.15) is 4.90 Å².